The summed E-state index contributed by atoms with van der Waals surface area (Å²) in [5.41, 5.74) is 2.08. The van der Waals surface area contributed by atoms with E-state index in [9.17, 15) is 4.79 Å². The number of carbonyl (C=O) groups is 1. The smallest absolute Gasteiger partial charge is 0.335 e. The molecule has 0 heterocycles. The van der Waals surface area contributed by atoms with Crippen LogP contribution in [0.25, 0.3) is 0 Å². The van der Waals surface area contributed by atoms with Crippen LogP contribution in [0.5, 0.6) is 11.5 Å². The Balaban J connectivity index is 1.99. The lowest BCUT2D eigenvalue weighted by molar-refractivity contribution is -0.129. The molecule has 0 fully saturated rings. The molecule has 0 aliphatic carbocycles. The predicted molar refractivity (Wildman–Crippen MR) is 93.6 cm³/mol. The van der Waals surface area contributed by atoms with Gasteiger partial charge in [0.05, 0.1) is 5.02 Å². The third-order valence-corrected chi connectivity index (χ3v) is 3.50. The van der Waals surface area contributed by atoms with Crippen molar-refractivity contribution in [3.63, 3.8) is 0 Å². The van der Waals surface area contributed by atoms with E-state index in [1.165, 1.54) is 6.08 Å². The fraction of sp³-hybridized carbons (Fsp3) is 0.211. The summed E-state index contributed by atoms with van der Waals surface area (Å²) in [5.74, 6) is 0.593. The SMILES string of the molecule is COCOc1ccc(C)cc1CC=CC(=O)Oc1ccccc1Cl. The van der Waals surface area contributed by atoms with Crippen molar-refractivity contribution in [3.8, 4) is 11.5 Å². The van der Waals surface area contributed by atoms with Crippen LogP contribution in [0.15, 0.2) is 54.6 Å². The molecule has 0 aliphatic heterocycles. The molecule has 2 aromatic carbocycles. The van der Waals surface area contributed by atoms with Gasteiger partial charge in [0.15, 0.2) is 6.79 Å². The number of halogens is 1. The number of hydrogen-bond donors (Lipinski definition) is 0. The number of hydrogen-bond acceptors (Lipinski definition) is 4. The maximum atomic E-state index is 11.9. The van der Waals surface area contributed by atoms with Gasteiger partial charge in [-0.05, 0) is 37.1 Å². The maximum absolute atomic E-state index is 11.9. The Labute approximate surface area is 146 Å². The van der Waals surface area contributed by atoms with Crippen molar-refractivity contribution in [2.75, 3.05) is 13.9 Å². The number of rotatable bonds is 7. The van der Waals surface area contributed by atoms with E-state index in [1.54, 1.807) is 37.5 Å². The number of carbonyl (C=O) groups excluding carboxylic acids is 1. The first-order valence-electron chi connectivity index (χ1n) is 7.44. The molecule has 0 bridgehead atoms. The van der Waals surface area contributed by atoms with Crippen LogP contribution in [-0.4, -0.2) is 19.9 Å². The lowest BCUT2D eigenvalue weighted by atomic mass is 10.1. The zero-order valence-electron chi connectivity index (χ0n) is 13.6. The van der Waals surface area contributed by atoms with Gasteiger partial charge >= 0.3 is 5.97 Å². The number of methoxy groups -OCH3 is 1. The Morgan fingerprint density at radius 1 is 1.17 bits per heavy atom. The van der Waals surface area contributed by atoms with Crippen LogP contribution in [0.3, 0.4) is 0 Å². The fourth-order valence-corrected chi connectivity index (χ4v) is 2.26. The third kappa shape index (κ3) is 5.41. The third-order valence-electron chi connectivity index (χ3n) is 3.19. The Morgan fingerprint density at radius 3 is 2.71 bits per heavy atom. The fourth-order valence-electron chi connectivity index (χ4n) is 2.08. The van der Waals surface area contributed by atoms with Crippen LogP contribution >= 0.6 is 11.6 Å². The first-order valence-corrected chi connectivity index (χ1v) is 7.82. The lowest BCUT2D eigenvalue weighted by Crippen LogP contribution is -2.04. The van der Waals surface area contributed by atoms with Gasteiger partial charge < -0.3 is 14.2 Å². The van der Waals surface area contributed by atoms with Crippen LogP contribution < -0.4 is 9.47 Å². The standard InChI is InChI=1S/C19H19ClO4/c1-14-10-11-17(23-13-22-2)15(12-14)6-5-9-19(21)24-18-8-4-3-7-16(18)20/h3-5,7-12H,6,13H2,1-2H3. The highest BCUT2D eigenvalue weighted by atomic mass is 35.5. The zero-order valence-corrected chi connectivity index (χ0v) is 14.4. The molecule has 24 heavy (non-hydrogen) atoms. The summed E-state index contributed by atoms with van der Waals surface area (Å²) in [5, 5.41) is 0.396. The molecule has 0 aromatic heterocycles. The first-order chi connectivity index (χ1) is 11.6. The van der Waals surface area contributed by atoms with Gasteiger partial charge in [-0.15, -0.1) is 0 Å². The van der Waals surface area contributed by atoms with Crippen molar-refractivity contribution >= 4 is 17.6 Å². The number of para-hydroxylation sites is 1. The second-order valence-electron chi connectivity index (χ2n) is 5.12. The summed E-state index contributed by atoms with van der Waals surface area (Å²) in [7, 11) is 1.57. The van der Waals surface area contributed by atoms with Gasteiger partial charge in [0.25, 0.3) is 0 Å². The summed E-state index contributed by atoms with van der Waals surface area (Å²) in [6.07, 6.45) is 3.65. The molecular formula is C19H19ClO4. The van der Waals surface area contributed by atoms with E-state index in [0.29, 0.717) is 17.2 Å². The molecule has 0 spiro atoms. The van der Waals surface area contributed by atoms with E-state index in [2.05, 4.69) is 0 Å². The summed E-state index contributed by atoms with van der Waals surface area (Å²) in [4.78, 5) is 11.9. The molecule has 0 unspecified atom stereocenters. The van der Waals surface area contributed by atoms with Gasteiger partial charge in [-0.25, -0.2) is 4.79 Å². The molecule has 2 rings (SSSR count). The molecule has 126 valence electrons. The Bertz CT molecular complexity index is 725. The van der Waals surface area contributed by atoms with Crippen molar-refractivity contribution < 1.29 is 19.0 Å². The summed E-state index contributed by atoms with van der Waals surface area (Å²) in [6, 6.07) is 12.7. The average molecular weight is 347 g/mol. The van der Waals surface area contributed by atoms with Crippen molar-refractivity contribution in [1.82, 2.24) is 0 Å². The van der Waals surface area contributed by atoms with Gasteiger partial charge in [-0.2, -0.15) is 0 Å². The Morgan fingerprint density at radius 2 is 1.96 bits per heavy atom. The number of allylic oxidation sites excluding steroid dienone is 1. The molecule has 0 saturated carbocycles. The molecule has 0 saturated heterocycles. The van der Waals surface area contributed by atoms with Crippen molar-refractivity contribution in [1.29, 1.82) is 0 Å². The van der Waals surface area contributed by atoms with E-state index in [-0.39, 0.29) is 6.79 Å². The van der Waals surface area contributed by atoms with E-state index in [0.717, 1.165) is 16.9 Å². The minimum absolute atomic E-state index is 0.175. The normalized spacial score (nSPS) is 10.8. The predicted octanol–water partition coefficient (Wildman–Crippen LogP) is 4.34. The molecule has 0 amide bonds. The monoisotopic (exact) mass is 346 g/mol. The van der Waals surface area contributed by atoms with Crippen molar-refractivity contribution in [2.45, 2.75) is 13.3 Å². The summed E-state index contributed by atoms with van der Waals surface area (Å²) in [6.45, 7) is 2.17. The second-order valence-corrected chi connectivity index (χ2v) is 5.53. The number of benzene rings is 2. The van der Waals surface area contributed by atoms with E-state index in [4.69, 9.17) is 25.8 Å². The van der Waals surface area contributed by atoms with Crippen LogP contribution in [0.1, 0.15) is 11.1 Å². The molecule has 0 atom stereocenters. The quantitative estimate of drug-likeness (QED) is 0.324. The van der Waals surface area contributed by atoms with Crippen LogP contribution in [-0.2, 0) is 16.0 Å². The van der Waals surface area contributed by atoms with Gasteiger partial charge in [-0.1, -0.05) is 47.5 Å². The first kappa shape index (κ1) is 18.0. The minimum atomic E-state index is -0.477. The molecule has 0 N–H and O–H groups in total. The number of esters is 1. The van der Waals surface area contributed by atoms with Crippen LogP contribution in [0.4, 0.5) is 0 Å². The van der Waals surface area contributed by atoms with E-state index >= 15 is 0 Å². The lowest BCUT2D eigenvalue weighted by Gasteiger charge is -2.10. The van der Waals surface area contributed by atoms with Gasteiger partial charge in [0, 0.05) is 13.2 Å². The van der Waals surface area contributed by atoms with Crippen molar-refractivity contribution in [2.24, 2.45) is 0 Å². The number of ether oxygens (including phenoxy) is 3. The minimum Gasteiger partial charge on any atom is -0.467 e. The Hall–Kier alpha value is -2.30. The summed E-state index contributed by atoms with van der Waals surface area (Å²) < 4.78 is 15.6. The summed E-state index contributed by atoms with van der Waals surface area (Å²) >= 11 is 5.96. The zero-order chi connectivity index (χ0) is 17.4. The van der Waals surface area contributed by atoms with E-state index in [1.807, 2.05) is 25.1 Å². The van der Waals surface area contributed by atoms with Crippen LogP contribution in [0, 0.1) is 6.92 Å². The van der Waals surface area contributed by atoms with Gasteiger partial charge in [-0.3, -0.25) is 0 Å². The highest BCUT2D eigenvalue weighted by Gasteiger charge is 2.06. The Kier molecular flexibility index (Phi) is 6.85. The largest absolute Gasteiger partial charge is 0.467 e. The molecule has 4 nitrogen and oxygen atoms in total. The maximum Gasteiger partial charge on any atom is 0.335 e. The number of aryl methyl sites for hydroxylation is 1. The molecule has 5 heteroatoms. The highest BCUT2D eigenvalue weighted by molar-refractivity contribution is 6.32. The van der Waals surface area contributed by atoms with Crippen LogP contribution in [0.2, 0.25) is 5.02 Å². The second kappa shape index (κ2) is 9.11. The van der Waals surface area contributed by atoms with Gasteiger partial charge in [0.2, 0.25) is 0 Å². The highest BCUT2D eigenvalue weighted by Crippen LogP contribution is 2.23. The molecular weight excluding hydrogens is 328 g/mol. The molecule has 2 aromatic rings. The molecule has 0 aliphatic rings. The molecule has 0 radical (unpaired) electrons. The van der Waals surface area contributed by atoms with E-state index < -0.39 is 5.97 Å². The topological polar surface area (TPSA) is 44.8 Å². The van der Waals surface area contributed by atoms with Gasteiger partial charge in [0.1, 0.15) is 11.5 Å². The average Bonchev–Trinajstić information content (AvgIpc) is 2.56. The van der Waals surface area contributed by atoms with Crippen molar-refractivity contribution in [3.05, 3.63) is 70.8 Å².